The Bertz CT molecular complexity index is 936. The van der Waals surface area contributed by atoms with Crippen LogP contribution in [0.2, 0.25) is 0 Å². The summed E-state index contributed by atoms with van der Waals surface area (Å²) in [5.41, 5.74) is 3.13. The van der Waals surface area contributed by atoms with Crippen molar-refractivity contribution in [3.05, 3.63) is 59.5 Å². The van der Waals surface area contributed by atoms with Gasteiger partial charge >= 0.3 is 0 Å². The summed E-state index contributed by atoms with van der Waals surface area (Å²) in [5.74, 6) is 1.65. The molecule has 31 heavy (non-hydrogen) atoms. The maximum absolute atomic E-state index is 12.2. The zero-order valence-corrected chi connectivity index (χ0v) is 19.0. The number of aryl methyl sites for hydroxylation is 1. The van der Waals surface area contributed by atoms with Gasteiger partial charge in [-0.1, -0.05) is 32.4 Å². The van der Waals surface area contributed by atoms with Gasteiger partial charge in [-0.05, 0) is 61.2 Å². The lowest BCUT2D eigenvalue weighted by Gasteiger charge is -2.07. The van der Waals surface area contributed by atoms with E-state index in [4.69, 9.17) is 9.47 Å². The lowest BCUT2D eigenvalue weighted by atomic mass is 10.2. The van der Waals surface area contributed by atoms with Gasteiger partial charge in [0.1, 0.15) is 11.5 Å². The van der Waals surface area contributed by atoms with E-state index in [1.54, 1.807) is 0 Å². The number of anilines is 1. The second kappa shape index (κ2) is 12.1. The smallest absolute Gasteiger partial charge is 0.226 e. The van der Waals surface area contributed by atoms with Gasteiger partial charge in [0.25, 0.3) is 0 Å². The summed E-state index contributed by atoms with van der Waals surface area (Å²) in [6, 6.07) is 16.0. The number of carbonyl (C=O) groups is 1. The number of aromatic nitrogens is 1. The van der Waals surface area contributed by atoms with E-state index in [1.165, 1.54) is 16.9 Å². The van der Waals surface area contributed by atoms with Crippen molar-refractivity contribution in [1.29, 1.82) is 0 Å². The van der Waals surface area contributed by atoms with Crippen molar-refractivity contribution >= 4 is 22.4 Å². The predicted octanol–water partition coefficient (Wildman–Crippen LogP) is 6.35. The van der Waals surface area contributed by atoms with Crippen LogP contribution in [0.1, 0.15) is 45.1 Å². The molecule has 0 saturated carbocycles. The standard InChI is InChI=1S/C25H30N2O3S/c1-3-5-16-29-22-14-10-20(11-15-22)23-18-31-25(26-23)27-24(28)7-6-17-30-21-12-8-19(4-2)9-13-21/h8-15,18H,3-7,16-17H2,1-2H3,(H,26,27,28). The van der Waals surface area contributed by atoms with E-state index in [0.29, 0.717) is 24.6 Å². The largest absolute Gasteiger partial charge is 0.494 e. The topological polar surface area (TPSA) is 60.5 Å². The van der Waals surface area contributed by atoms with Gasteiger partial charge in [-0.3, -0.25) is 4.79 Å². The van der Waals surface area contributed by atoms with Gasteiger partial charge in [0.05, 0.1) is 18.9 Å². The van der Waals surface area contributed by atoms with Gasteiger partial charge < -0.3 is 14.8 Å². The van der Waals surface area contributed by atoms with Crippen LogP contribution in [0.4, 0.5) is 5.13 Å². The molecule has 1 N–H and O–H groups in total. The lowest BCUT2D eigenvalue weighted by Crippen LogP contribution is -2.12. The Kier molecular flexibility index (Phi) is 8.91. The summed E-state index contributed by atoms with van der Waals surface area (Å²) in [6.07, 6.45) is 4.23. The molecule has 3 aromatic rings. The Hall–Kier alpha value is -2.86. The molecule has 0 spiro atoms. The Morgan fingerprint density at radius 1 is 0.935 bits per heavy atom. The number of hydrogen-bond acceptors (Lipinski definition) is 5. The number of nitrogens with one attached hydrogen (secondary N) is 1. The Morgan fingerprint density at radius 2 is 1.58 bits per heavy atom. The van der Waals surface area contributed by atoms with Crippen LogP contribution in [-0.4, -0.2) is 24.1 Å². The molecule has 0 atom stereocenters. The van der Waals surface area contributed by atoms with Crippen LogP contribution in [-0.2, 0) is 11.2 Å². The molecule has 0 unspecified atom stereocenters. The van der Waals surface area contributed by atoms with E-state index < -0.39 is 0 Å². The molecule has 0 aliphatic carbocycles. The van der Waals surface area contributed by atoms with Crippen LogP contribution in [0, 0.1) is 0 Å². The highest BCUT2D eigenvalue weighted by atomic mass is 32.1. The van der Waals surface area contributed by atoms with Crippen molar-refractivity contribution in [2.45, 2.75) is 46.0 Å². The number of hydrogen-bond donors (Lipinski definition) is 1. The minimum atomic E-state index is -0.0505. The van der Waals surface area contributed by atoms with Crippen LogP contribution >= 0.6 is 11.3 Å². The Labute approximate surface area is 188 Å². The van der Waals surface area contributed by atoms with Gasteiger partial charge in [-0.15, -0.1) is 11.3 Å². The molecule has 1 heterocycles. The van der Waals surface area contributed by atoms with E-state index in [0.717, 1.165) is 48.6 Å². The van der Waals surface area contributed by atoms with E-state index >= 15 is 0 Å². The van der Waals surface area contributed by atoms with Crippen LogP contribution < -0.4 is 14.8 Å². The number of nitrogens with zero attached hydrogens (tertiary/aromatic N) is 1. The first-order chi connectivity index (χ1) is 15.2. The monoisotopic (exact) mass is 438 g/mol. The first-order valence-electron chi connectivity index (χ1n) is 10.9. The number of carbonyl (C=O) groups excluding carboxylic acids is 1. The Balaban J connectivity index is 1.40. The number of benzene rings is 2. The van der Waals surface area contributed by atoms with Crippen LogP contribution in [0.25, 0.3) is 11.3 Å². The number of ether oxygens (including phenoxy) is 2. The maximum Gasteiger partial charge on any atom is 0.226 e. The number of thiazole rings is 1. The molecule has 3 rings (SSSR count). The van der Waals surface area contributed by atoms with E-state index in [9.17, 15) is 4.79 Å². The molecule has 0 fully saturated rings. The fourth-order valence-corrected chi connectivity index (χ4v) is 3.68. The second-order valence-corrected chi connectivity index (χ2v) is 8.12. The third kappa shape index (κ3) is 7.40. The summed E-state index contributed by atoms with van der Waals surface area (Å²) >= 11 is 1.43. The molecular formula is C25H30N2O3S. The van der Waals surface area contributed by atoms with E-state index in [2.05, 4.69) is 36.3 Å². The highest BCUT2D eigenvalue weighted by Crippen LogP contribution is 2.26. The minimum Gasteiger partial charge on any atom is -0.494 e. The molecule has 0 aliphatic rings. The van der Waals surface area contributed by atoms with Gasteiger partial charge in [0.2, 0.25) is 5.91 Å². The molecule has 1 amide bonds. The fraction of sp³-hybridized carbons (Fsp3) is 0.360. The summed E-state index contributed by atoms with van der Waals surface area (Å²) in [6.45, 7) is 5.51. The molecule has 1 aromatic heterocycles. The Morgan fingerprint density at radius 3 is 2.23 bits per heavy atom. The summed E-state index contributed by atoms with van der Waals surface area (Å²) < 4.78 is 11.4. The average Bonchev–Trinajstić information content (AvgIpc) is 3.26. The van der Waals surface area contributed by atoms with Gasteiger partial charge in [0, 0.05) is 17.4 Å². The molecule has 164 valence electrons. The van der Waals surface area contributed by atoms with Gasteiger partial charge in [0.15, 0.2) is 5.13 Å². The minimum absolute atomic E-state index is 0.0505. The average molecular weight is 439 g/mol. The maximum atomic E-state index is 12.2. The zero-order valence-electron chi connectivity index (χ0n) is 18.2. The molecular weight excluding hydrogens is 408 g/mol. The normalized spacial score (nSPS) is 10.6. The summed E-state index contributed by atoms with van der Waals surface area (Å²) in [4.78, 5) is 16.7. The summed E-state index contributed by atoms with van der Waals surface area (Å²) in [5, 5.41) is 5.44. The highest BCUT2D eigenvalue weighted by molar-refractivity contribution is 7.14. The molecule has 2 aromatic carbocycles. The van der Waals surface area contributed by atoms with E-state index in [1.807, 2.05) is 41.8 Å². The van der Waals surface area contributed by atoms with Crippen molar-refractivity contribution in [3.63, 3.8) is 0 Å². The fourth-order valence-electron chi connectivity index (χ4n) is 2.95. The van der Waals surface area contributed by atoms with Crippen molar-refractivity contribution in [1.82, 2.24) is 4.98 Å². The third-order valence-electron chi connectivity index (χ3n) is 4.82. The van der Waals surface area contributed by atoms with Crippen LogP contribution in [0.3, 0.4) is 0 Å². The summed E-state index contributed by atoms with van der Waals surface area (Å²) in [7, 11) is 0. The molecule has 0 saturated heterocycles. The molecule has 0 bridgehead atoms. The van der Waals surface area contributed by atoms with Crippen molar-refractivity contribution in [2.75, 3.05) is 18.5 Å². The van der Waals surface area contributed by atoms with E-state index in [-0.39, 0.29) is 5.91 Å². The lowest BCUT2D eigenvalue weighted by molar-refractivity contribution is -0.116. The van der Waals surface area contributed by atoms with Gasteiger partial charge in [-0.25, -0.2) is 4.98 Å². The van der Waals surface area contributed by atoms with Crippen molar-refractivity contribution < 1.29 is 14.3 Å². The molecule has 6 heteroatoms. The SMILES string of the molecule is CCCCOc1ccc(-c2csc(NC(=O)CCCOc3ccc(CC)cc3)n2)cc1. The quantitative estimate of drug-likeness (QED) is 0.335. The number of amides is 1. The van der Waals surface area contributed by atoms with Crippen LogP contribution in [0.15, 0.2) is 53.9 Å². The number of rotatable bonds is 12. The third-order valence-corrected chi connectivity index (χ3v) is 5.57. The first-order valence-corrected chi connectivity index (χ1v) is 11.8. The molecule has 0 radical (unpaired) electrons. The zero-order chi connectivity index (χ0) is 21.9. The van der Waals surface area contributed by atoms with Crippen molar-refractivity contribution in [2.24, 2.45) is 0 Å². The first kappa shape index (κ1) is 22.8. The second-order valence-electron chi connectivity index (χ2n) is 7.26. The van der Waals surface area contributed by atoms with Gasteiger partial charge in [-0.2, -0.15) is 0 Å². The highest BCUT2D eigenvalue weighted by Gasteiger charge is 2.09. The van der Waals surface area contributed by atoms with Crippen molar-refractivity contribution in [3.8, 4) is 22.8 Å². The number of unbranched alkanes of at least 4 members (excludes halogenated alkanes) is 1. The predicted molar refractivity (Wildman–Crippen MR) is 127 cm³/mol. The molecule has 5 nitrogen and oxygen atoms in total. The van der Waals surface area contributed by atoms with Crippen LogP contribution in [0.5, 0.6) is 11.5 Å². The molecule has 0 aliphatic heterocycles.